The molecule has 1 N–H and O–H groups in total. The molecule has 9 nitrogen and oxygen atoms in total. The van der Waals surface area contributed by atoms with Gasteiger partial charge in [0.15, 0.2) is 0 Å². The molecule has 3 aromatic rings. The molecule has 39 heavy (non-hydrogen) atoms. The van der Waals surface area contributed by atoms with Gasteiger partial charge in [-0.25, -0.2) is 8.42 Å². The highest BCUT2D eigenvalue weighted by Crippen LogP contribution is 2.32. The summed E-state index contributed by atoms with van der Waals surface area (Å²) in [5.74, 6) is 0.0695. The summed E-state index contributed by atoms with van der Waals surface area (Å²) in [5, 5.41) is 2.91. The van der Waals surface area contributed by atoms with Crippen molar-refractivity contribution in [2.24, 2.45) is 0 Å². The van der Waals surface area contributed by atoms with E-state index in [0.717, 1.165) is 9.87 Å². The molecule has 0 unspecified atom stereocenters. The number of hydrogen-bond donors (Lipinski definition) is 1. The maximum Gasteiger partial charge on any atom is 0.264 e. The van der Waals surface area contributed by atoms with Crippen LogP contribution in [0.15, 0.2) is 77.7 Å². The Labute approximate surface area is 234 Å². The summed E-state index contributed by atoms with van der Waals surface area (Å²) in [6, 6.07) is 18.5. The smallest absolute Gasteiger partial charge is 0.264 e. The number of halogens is 1. The topological polar surface area (TPSA) is 105 Å². The third kappa shape index (κ3) is 7.21. The standard InChI is InChI=1S/C28H32ClN3O6S/c1-5-30-28(34)20(2)31(18-21-11-14-23(37-3)15-12-21)27(33)19-32(22-13-16-26(38-4)25(29)17-22)39(35,36)24-9-7-6-8-10-24/h6-17,20H,5,18-19H2,1-4H3,(H,30,34)/t20-/m1/s1. The van der Waals surface area contributed by atoms with Crippen molar-refractivity contribution in [2.45, 2.75) is 31.3 Å². The van der Waals surface area contributed by atoms with Crippen molar-refractivity contribution in [3.8, 4) is 11.5 Å². The molecule has 2 amide bonds. The van der Waals surface area contributed by atoms with E-state index in [2.05, 4.69) is 5.32 Å². The first-order valence-corrected chi connectivity index (χ1v) is 14.1. The molecule has 0 aliphatic heterocycles. The molecule has 3 aromatic carbocycles. The van der Waals surface area contributed by atoms with Gasteiger partial charge in [0, 0.05) is 13.1 Å². The Bertz CT molecular complexity index is 1380. The summed E-state index contributed by atoms with van der Waals surface area (Å²) >= 11 is 6.32. The first kappa shape index (κ1) is 29.8. The van der Waals surface area contributed by atoms with Crippen molar-refractivity contribution in [3.63, 3.8) is 0 Å². The monoisotopic (exact) mass is 573 g/mol. The van der Waals surface area contributed by atoms with Gasteiger partial charge in [-0.3, -0.25) is 13.9 Å². The minimum Gasteiger partial charge on any atom is -0.497 e. The average Bonchev–Trinajstić information content (AvgIpc) is 2.94. The number of methoxy groups -OCH3 is 2. The first-order chi connectivity index (χ1) is 18.6. The quantitative estimate of drug-likeness (QED) is 0.350. The number of amides is 2. The molecule has 0 radical (unpaired) electrons. The van der Waals surface area contributed by atoms with Crippen LogP contribution in [0.25, 0.3) is 0 Å². The summed E-state index contributed by atoms with van der Waals surface area (Å²) in [4.78, 5) is 28.0. The molecule has 0 aromatic heterocycles. The minimum atomic E-state index is -4.19. The first-order valence-electron chi connectivity index (χ1n) is 12.2. The van der Waals surface area contributed by atoms with E-state index < -0.39 is 28.5 Å². The number of sulfonamides is 1. The van der Waals surface area contributed by atoms with Crippen molar-refractivity contribution >= 4 is 39.1 Å². The van der Waals surface area contributed by atoms with Gasteiger partial charge in [0.05, 0.1) is 29.8 Å². The lowest BCUT2D eigenvalue weighted by atomic mass is 10.1. The Kier molecular flexibility index (Phi) is 10.2. The summed E-state index contributed by atoms with van der Waals surface area (Å²) < 4.78 is 39.0. The summed E-state index contributed by atoms with van der Waals surface area (Å²) in [6.07, 6.45) is 0. The lowest BCUT2D eigenvalue weighted by Gasteiger charge is -2.32. The number of rotatable bonds is 12. The Hall–Kier alpha value is -3.76. The normalized spacial score (nSPS) is 11.8. The van der Waals surface area contributed by atoms with E-state index >= 15 is 0 Å². The maximum atomic E-state index is 13.8. The fourth-order valence-electron chi connectivity index (χ4n) is 3.89. The summed E-state index contributed by atoms with van der Waals surface area (Å²) in [7, 11) is -1.19. The molecule has 1 atom stereocenters. The van der Waals surface area contributed by atoms with Gasteiger partial charge in [-0.1, -0.05) is 41.9 Å². The van der Waals surface area contributed by atoms with Gasteiger partial charge in [-0.05, 0) is 61.9 Å². The van der Waals surface area contributed by atoms with Crippen LogP contribution in [0, 0.1) is 0 Å². The number of nitrogens with zero attached hydrogens (tertiary/aromatic N) is 2. The molecule has 0 bridgehead atoms. The van der Waals surface area contributed by atoms with Crippen LogP contribution in [0.3, 0.4) is 0 Å². The minimum absolute atomic E-state index is 0.00298. The molecule has 0 aliphatic carbocycles. The van der Waals surface area contributed by atoms with E-state index in [1.165, 1.54) is 42.3 Å². The molecule has 0 fully saturated rings. The van der Waals surface area contributed by atoms with Crippen LogP contribution < -0.4 is 19.1 Å². The second-order valence-electron chi connectivity index (χ2n) is 8.58. The number of benzene rings is 3. The van der Waals surface area contributed by atoms with E-state index in [4.69, 9.17) is 21.1 Å². The van der Waals surface area contributed by atoms with Gasteiger partial charge in [-0.2, -0.15) is 0 Å². The van der Waals surface area contributed by atoms with Crippen LogP contribution in [0.1, 0.15) is 19.4 Å². The van der Waals surface area contributed by atoms with Crippen molar-refractivity contribution < 1.29 is 27.5 Å². The molecule has 0 aliphatic rings. The number of carbonyl (C=O) groups excluding carboxylic acids is 2. The molecule has 0 saturated heterocycles. The average molecular weight is 574 g/mol. The van der Waals surface area contributed by atoms with Gasteiger partial charge < -0.3 is 19.7 Å². The largest absolute Gasteiger partial charge is 0.497 e. The molecule has 11 heteroatoms. The van der Waals surface area contributed by atoms with Crippen molar-refractivity contribution in [2.75, 3.05) is 31.6 Å². The second-order valence-corrected chi connectivity index (χ2v) is 10.9. The molecular weight excluding hydrogens is 542 g/mol. The van der Waals surface area contributed by atoms with Gasteiger partial charge in [-0.15, -0.1) is 0 Å². The lowest BCUT2D eigenvalue weighted by molar-refractivity contribution is -0.139. The van der Waals surface area contributed by atoms with Crippen LogP contribution in [0.5, 0.6) is 11.5 Å². The molecular formula is C28H32ClN3O6S. The SMILES string of the molecule is CCNC(=O)[C@@H](C)N(Cc1ccc(OC)cc1)C(=O)CN(c1ccc(OC)c(Cl)c1)S(=O)(=O)c1ccccc1. The van der Waals surface area contributed by atoms with Crippen LogP contribution in [-0.4, -0.2) is 58.5 Å². The Morgan fingerprint density at radius 1 is 0.974 bits per heavy atom. The maximum absolute atomic E-state index is 13.8. The zero-order valence-corrected chi connectivity index (χ0v) is 23.8. The van der Waals surface area contributed by atoms with Gasteiger partial charge in [0.1, 0.15) is 24.1 Å². The third-order valence-corrected chi connectivity index (χ3v) is 8.15. The number of nitrogens with one attached hydrogen (secondary N) is 1. The van der Waals surface area contributed by atoms with Crippen LogP contribution in [0.2, 0.25) is 5.02 Å². The fraction of sp³-hybridized carbons (Fsp3) is 0.286. The van der Waals surface area contributed by atoms with Gasteiger partial charge in [0.2, 0.25) is 11.8 Å². The van der Waals surface area contributed by atoms with E-state index in [9.17, 15) is 18.0 Å². The zero-order valence-electron chi connectivity index (χ0n) is 22.3. The fourth-order valence-corrected chi connectivity index (χ4v) is 5.57. The van der Waals surface area contributed by atoms with Crippen molar-refractivity contribution in [3.05, 3.63) is 83.4 Å². The molecule has 0 spiro atoms. The predicted molar refractivity (Wildman–Crippen MR) is 151 cm³/mol. The summed E-state index contributed by atoms with van der Waals surface area (Å²) in [5.41, 5.74) is 0.915. The highest BCUT2D eigenvalue weighted by atomic mass is 35.5. The van der Waals surface area contributed by atoms with Gasteiger partial charge >= 0.3 is 0 Å². The van der Waals surface area contributed by atoms with E-state index in [-0.39, 0.29) is 28.1 Å². The number of ether oxygens (including phenoxy) is 2. The number of anilines is 1. The van der Waals surface area contributed by atoms with Crippen molar-refractivity contribution in [1.82, 2.24) is 10.2 Å². The highest BCUT2D eigenvalue weighted by molar-refractivity contribution is 7.92. The predicted octanol–water partition coefficient (Wildman–Crippen LogP) is 4.11. The Balaban J connectivity index is 2.04. The number of hydrogen-bond acceptors (Lipinski definition) is 6. The highest BCUT2D eigenvalue weighted by Gasteiger charge is 2.32. The number of likely N-dealkylation sites (N-methyl/N-ethyl adjacent to an activating group) is 1. The van der Waals surface area contributed by atoms with E-state index in [0.29, 0.717) is 18.0 Å². The van der Waals surface area contributed by atoms with Gasteiger partial charge in [0.25, 0.3) is 10.0 Å². The summed E-state index contributed by atoms with van der Waals surface area (Å²) in [6.45, 7) is 3.27. The zero-order chi connectivity index (χ0) is 28.6. The molecule has 3 rings (SSSR count). The lowest BCUT2D eigenvalue weighted by Crippen LogP contribution is -2.51. The third-order valence-electron chi connectivity index (χ3n) is 6.06. The van der Waals surface area contributed by atoms with Crippen LogP contribution in [-0.2, 0) is 26.2 Å². The Morgan fingerprint density at radius 2 is 1.64 bits per heavy atom. The van der Waals surface area contributed by atoms with Crippen molar-refractivity contribution in [1.29, 1.82) is 0 Å². The van der Waals surface area contributed by atoms with E-state index in [1.807, 2.05) is 0 Å². The van der Waals surface area contributed by atoms with E-state index in [1.54, 1.807) is 63.4 Å². The second kappa shape index (κ2) is 13.3. The molecule has 0 heterocycles. The van der Waals surface area contributed by atoms with Crippen LogP contribution in [0.4, 0.5) is 5.69 Å². The van der Waals surface area contributed by atoms with Crippen LogP contribution >= 0.6 is 11.6 Å². The Morgan fingerprint density at radius 3 is 2.21 bits per heavy atom. The molecule has 0 saturated carbocycles. The molecule has 208 valence electrons. The number of carbonyl (C=O) groups is 2.